The molecular weight excluding hydrogens is 1060 g/mol. The summed E-state index contributed by atoms with van der Waals surface area (Å²) >= 11 is 0. The van der Waals surface area contributed by atoms with Crippen LogP contribution in [0.1, 0.15) is 96.9 Å². The fraction of sp³-hybridized carbons (Fsp3) is 0.358. The molecule has 4 atom stereocenters. The molecule has 4 aromatic carbocycles. The van der Waals surface area contributed by atoms with Crippen LogP contribution in [0.4, 0.5) is 17.6 Å². The van der Waals surface area contributed by atoms with E-state index in [4.69, 9.17) is 33.1 Å². The van der Waals surface area contributed by atoms with E-state index in [2.05, 4.69) is 35.2 Å². The zero-order valence-corrected chi connectivity index (χ0v) is 43.7. The van der Waals surface area contributed by atoms with E-state index in [0.717, 1.165) is 28.1 Å². The minimum atomic E-state index is -4.29. The van der Waals surface area contributed by atoms with Crippen molar-refractivity contribution in [3.8, 4) is 44.8 Å². The number of halogens is 6. The average Bonchev–Trinajstić information content (AvgIpc) is 3.85. The summed E-state index contributed by atoms with van der Waals surface area (Å²) in [6.07, 6.45) is -0.905. The van der Waals surface area contributed by atoms with Gasteiger partial charge in [-0.05, 0) is 113 Å². The van der Waals surface area contributed by atoms with Crippen LogP contribution in [0.25, 0.3) is 44.8 Å². The van der Waals surface area contributed by atoms with E-state index in [1.54, 1.807) is 28.8 Å². The lowest BCUT2D eigenvalue weighted by Gasteiger charge is -2.27. The minimum absolute atomic E-state index is 0. The molecule has 0 amide bonds. The number of rotatable bonds is 13. The van der Waals surface area contributed by atoms with Gasteiger partial charge in [0.15, 0.2) is 0 Å². The van der Waals surface area contributed by atoms with Crippen LogP contribution in [-0.4, -0.2) is 85.5 Å². The van der Waals surface area contributed by atoms with Crippen molar-refractivity contribution in [1.29, 1.82) is 0 Å². The van der Waals surface area contributed by atoms with Gasteiger partial charge < -0.3 is 28.8 Å². The number of aliphatic hydroxyl groups excluding tert-OH is 2. The molecule has 3 N–H and O–H groups in total. The van der Waals surface area contributed by atoms with E-state index in [1.807, 2.05) is 13.8 Å². The van der Waals surface area contributed by atoms with E-state index < -0.39 is 54.3 Å². The summed E-state index contributed by atoms with van der Waals surface area (Å²) in [7, 11) is 1.58. The van der Waals surface area contributed by atoms with Gasteiger partial charge in [0, 0.05) is 91.1 Å². The van der Waals surface area contributed by atoms with Crippen LogP contribution in [0.15, 0.2) is 108 Å². The third kappa shape index (κ3) is 16.8. The van der Waals surface area contributed by atoms with E-state index in [9.17, 15) is 45.8 Å². The number of aliphatic hydroxyl groups is 2. The highest BCUT2D eigenvalue weighted by Gasteiger charge is 2.35. The lowest BCUT2D eigenvalue weighted by atomic mass is 10.00. The van der Waals surface area contributed by atoms with Gasteiger partial charge in [-0.2, -0.15) is 8.42 Å². The molecule has 4 heterocycles. The van der Waals surface area contributed by atoms with E-state index in [-0.39, 0.29) is 87.6 Å². The lowest BCUT2D eigenvalue weighted by Crippen LogP contribution is -2.33. The van der Waals surface area contributed by atoms with Crippen molar-refractivity contribution in [2.45, 2.75) is 128 Å². The standard InChI is InChI=1S/C26H26ClF2NO5S.C26H27F2NO3.CH4.B.ClHO3S/c1-15(2)24-26(36(27,33)34)23(16-3-7-18(28)8-4-16)25(17-5-9-19(29)10-6-17)30(24)12-11-21-13-20(31)14-22(32)35-21;1-16(2)24-15-23(17-3-7-19(27)8-4-17)26(18-5-9-20(28)10-6-18)29(24)12-11-22-13-21(30)14-25(31)32-22;;;1-5(2,3)4/h3-10,15,20-21,31H,11-14H2,1-2H3;3-10,15-16,21-22,30H,11-14H2,1-2H3;1H4;;(H,2,3,4)/t20-,21?;21-,22?;;;/m11.../s1. The summed E-state index contributed by atoms with van der Waals surface area (Å²) in [5, 5.41) is 20.0. The Balaban J connectivity index is 0.000000292. The molecule has 6 aromatic rings. The topological polar surface area (TPSA) is 191 Å². The fourth-order valence-corrected chi connectivity index (χ4v) is 10.7. The summed E-state index contributed by atoms with van der Waals surface area (Å²) in [6.45, 7) is 8.63. The Morgan fingerprint density at radius 2 is 0.960 bits per heavy atom. The van der Waals surface area contributed by atoms with Gasteiger partial charge in [0.25, 0.3) is 9.05 Å². The molecule has 75 heavy (non-hydrogen) atoms. The first-order valence-corrected chi connectivity index (χ1v) is 27.7. The molecule has 0 spiro atoms. The van der Waals surface area contributed by atoms with Gasteiger partial charge in [-0.3, -0.25) is 14.1 Å². The Bertz CT molecular complexity index is 3110. The Kier molecular flexibility index (Phi) is 22.0. The fourth-order valence-electron chi connectivity index (χ4n) is 9.14. The van der Waals surface area contributed by atoms with Crippen molar-refractivity contribution in [1.82, 2.24) is 9.13 Å². The molecule has 2 unspecified atom stereocenters. The van der Waals surface area contributed by atoms with Crippen molar-refractivity contribution in [3.05, 3.63) is 138 Å². The Labute approximate surface area is 445 Å². The lowest BCUT2D eigenvalue weighted by molar-refractivity contribution is -0.161. The van der Waals surface area contributed by atoms with Crippen LogP contribution < -0.4 is 0 Å². The third-order valence-electron chi connectivity index (χ3n) is 12.1. The minimum Gasteiger partial charge on any atom is -0.462 e. The molecule has 2 fully saturated rings. The van der Waals surface area contributed by atoms with Gasteiger partial charge in [0.1, 0.15) is 40.4 Å². The molecule has 0 aliphatic carbocycles. The summed E-state index contributed by atoms with van der Waals surface area (Å²) in [6, 6.07) is 25.8. The number of nitrogens with zero attached hydrogens (tertiary/aromatic N) is 2. The SMILES string of the molecule is C.CC(C)c1c(S(=O)(=O)Cl)c(-c2ccc(F)cc2)c(-c2ccc(F)cc2)n1CCC1C[C@@H](O)CC(=O)O1.CC(C)c1cc(-c2ccc(F)cc2)c(-c2ccc(F)cc2)n1CCC1C[C@@H](O)CC(=O)O1.O=S(=O)(O)Cl.[B]. The second-order valence-electron chi connectivity index (χ2n) is 18.2. The van der Waals surface area contributed by atoms with Gasteiger partial charge >= 0.3 is 21.3 Å². The molecule has 8 rings (SSSR count). The van der Waals surface area contributed by atoms with Gasteiger partial charge in [0.2, 0.25) is 0 Å². The number of esters is 2. The van der Waals surface area contributed by atoms with Gasteiger partial charge in [-0.1, -0.05) is 59.4 Å². The molecule has 403 valence electrons. The van der Waals surface area contributed by atoms with Crippen LogP contribution in [0.3, 0.4) is 0 Å². The van der Waals surface area contributed by atoms with Crippen LogP contribution in [0.2, 0.25) is 0 Å². The van der Waals surface area contributed by atoms with Crippen LogP contribution in [0.5, 0.6) is 0 Å². The molecule has 22 heteroatoms. The first-order valence-electron chi connectivity index (χ1n) is 23.2. The highest BCUT2D eigenvalue weighted by Crippen LogP contribution is 2.46. The zero-order valence-electron chi connectivity index (χ0n) is 40.6. The zero-order chi connectivity index (χ0) is 53.5. The van der Waals surface area contributed by atoms with Crippen molar-refractivity contribution >= 4 is 60.1 Å². The summed E-state index contributed by atoms with van der Waals surface area (Å²) in [5.74, 6) is -2.55. The normalized spacial score (nSPS) is 17.6. The number of benzene rings is 4. The van der Waals surface area contributed by atoms with Crippen molar-refractivity contribution < 1.29 is 68.2 Å². The van der Waals surface area contributed by atoms with Crippen molar-refractivity contribution in [2.75, 3.05) is 0 Å². The number of hydrogen-bond donors (Lipinski definition) is 3. The number of aromatic nitrogens is 2. The summed E-state index contributed by atoms with van der Waals surface area (Å²) < 4.78 is 121. The number of ether oxygens (including phenoxy) is 2. The molecule has 0 bridgehead atoms. The smallest absolute Gasteiger partial charge is 0.353 e. The quantitative estimate of drug-likeness (QED) is 0.0328. The van der Waals surface area contributed by atoms with E-state index >= 15 is 0 Å². The van der Waals surface area contributed by atoms with Crippen LogP contribution >= 0.6 is 21.4 Å². The van der Waals surface area contributed by atoms with Crippen molar-refractivity contribution in [2.24, 2.45) is 0 Å². The average molecular weight is 1120 g/mol. The Morgan fingerprint density at radius 1 is 0.600 bits per heavy atom. The molecule has 2 aromatic heterocycles. The van der Waals surface area contributed by atoms with E-state index in [0.29, 0.717) is 48.3 Å². The largest absolute Gasteiger partial charge is 0.462 e. The monoisotopic (exact) mass is 1120 g/mol. The molecule has 13 nitrogen and oxygen atoms in total. The number of hydrogen-bond acceptors (Lipinski definition) is 10. The highest BCUT2D eigenvalue weighted by atomic mass is 35.7. The maximum Gasteiger partial charge on any atom is 0.353 e. The second kappa shape index (κ2) is 26.5. The van der Waals surface area contributed by atoms with Crippen molar-refractivity contribution in [3.63, 3.8) is 0 Å². The Hall–Kier alpha value is -5.48. The maximum atomic E-state index is 13.8. The molecule has 2 saturated heterocycles. The maximum absolute atomic E-state index is 13.8. The molecule has 2 aliphatic rings. The molecule has 0 saturated carbocycles. The summed E-state index contributed by atoms with van der Waals surface area (Å²) in [4.78, 5) is 23.5. The van der Waals surface area contributed by atoms with Crippen LogP contribution in [-0.2, 0) is 50.5 Å². The highest BCUT2D eigenvalue weighted by molar-refractivity contribution is 8.14. The summed E-state index contributed by atoms with van der Waals surface area (Å²) in [5.41, 5.74) is 6.75. The Morgan fingerprint density at radius 3 is 1.32 bits per heavy atom. The number of cyclic esters (lactones) is 2. The first-order chi connectivity index (χ1) is 34.3. The predicted molar refractivity (Wildman–Crippen MR) is 281 cm³/mol. The third-order valence-corrected chi connectivity index (χ3v) is 13.5. The molecular formula is C53H58BCl2F4N2O11S2. The first kappa shape index (κ1) is 62.1. The van der Waals surface area contributed by atoms with E-state index in [1.165, 1.54) is 72.8 Å². The second-order valence-corrected chi connectivity index (χ2v) is 22.7. The van der Waals surface area contributed by atoms with Gasteiger partial charge in [-0.25, -0.2) is 26.0 Å². The van der Waals surface area contributed by atoms with Crippen LogP contribution in [0, 0.1) is 23.3 Å². The molecule has 2 aliphatic heterocycles. The number of carbonyl (C=O) groups excluding carboxylic acids is 2. The van der Waals surface area contributed by atoms with Gasteiger partial charge in [-0.15, -0.1) is 0 Å². The number of carbonyl (C=O) groups is 2. The molecule has 3 radical (unpaired) electrons. The predicted octanol–water partition coefficient (Wildman–Crippen LogP) is 11.6. The van der Waals surface area contributed by atoms with Gasteiger partial charge in [0.05, 0.1) is 36.4 Å².